The van der Waals surface area contributed by atoms with Crippen molar-refractivity contribution < 1.29 is 38.5 Å². The van der Waals surface area contributed by atoms with Gasteiger partial charge in [-0.2, -0.15) is 0 Å². The summed E-state index contributed by atoms with van der Waals surface area (Å²) in [5.74, 6) is -1.63. The lowest BCUT2D eigenvalue weighted by Gasteiger charge is -2.40. The van der Waals surface area contributed by atoms with Crippen LogP contribution in [0.15, 0.2) is 47.6 Å². The van der Waals surface area contributed by atoms with Crippen LogP contribution >= 0.6 is 0 Å². The monoisotopic (exact) mass is 586 g/mol. The van der Waals surface area contributed by atoms with Crippen molar-refractivity contribution in [1.82, 2.24) is 0 Å². The molecule has 3 aliphatic carbocycles. The van der Waals surface area contributed by atoms with E-state index in [0.29, 0.717) is 38.5 Å². The van der Waals surface area contributed by atoms with Crippen molar-refractivity contribution in [1.29, 1.82) is 0 Å². The van der Waals surface area contributed by atoms with Crippen LogP contribution in [0, 0.1) is 43.9 Å². The van der Waals surface area contributed by atoms with E-state index in [2.05, 4.69) is 0 Å². The second-order valence-corrected chi connectivity index (χ2v) is 11.4. The number of allylic oxidation sites excluding steroid dienone is 3. The van der Waals surface area contributed by atoms with Gasteiger partial charge >= 0.3 is 11.9 Å². The molecule has 0 aromatic heterocycles. The molecule has 1 saturated carbocycles. The predicted octanol–water partition coefficient (Wildman–Crippen LogP) is 4.13. The number of ether oxygens (including phenoxy) is 2. The number of Topliss-reactive ketones (excluding diaryl/α,β-unsaturated/α-hetero) is 1. The Morgan fingerprint density at radius 1 is 1.05 bits per heavy atom. The van der Waals surface area contributed by atoms with Gasteiger partial charge in [-0.15, -0.1) is 0 Å². The third-order valence-corrected chi connectivity index (χ3v) is 8.31. The summed E-state index contributed by atoms with van der Waals surface area (Å²) in [6.45, 7) is 6.44. The van der Waals surface area contributed by atoms with E-state index in [1.54, 1.807) is 19.9 Å². The van der Waals surface area contributed by atoms with E-state index in [4.69, 9.17) is 9.47 Å². The number of nitrogens with zero attached hydrogens (tertiary/aromatic N) is 2. The molecule has 12 nitrogen and oxygen atoms in total. The van der Waals surface area contributed by atoms with Crippen LogP contribution in [0.25, 0.3) is 0 Å². The zero-order chi connectivity index (χ0) is 31.1. The Morgan fingerprint density at radius 2 is 1.71 bits per heavy atom. The SMILES string of the molecule is CC(=O)/C=C\[C@@H](C)OC(=O)/C=C/C1=CCCC([N+](=O)[O-])C1.CC(=O)[C@@H]1[C@@H]2[C@@H](C)OC(=O)[C@@H]2C=C2C[C@H]([N+](=O)[O-])CC[C@H]21. The summed E-state index contributed by atoms with van der Waals surface area (Å²) >= 11 is 0. The van der Waals surface area contributed by atoms with Gasteiger partial charge in [0.2, 0.25) is 12.1 Å². The number of carbonyl (C=O) groups excluding carboxylic acids is 4. The van der Waals surface area contributed by atoms with Crippen LogP contribution in [0.5, 0.6) is 0 Å². The van der Waals surface area contributed by atoms with E-state index in [0.717, 1.165) is 11.1 Å². The molecule has 1 heterocycles. The standard InChI is InChI=1S/2C15H19NO5/c1-7(17)13-11-4-3-10(16(19)20)5-9(11)6-12-14(13)8(2)21-15(12)18;1-11(17)6-7-12(2)21-15(18)9-8-13-4-3-5-14(10-13)16(19)20/h6,8,10-14H,3-5H2,1-2H3;4,6-9,12,14H,3,5,10H2,1-2H3/b;7-6-,9-8+/t8-,10-,11-,12-,13+,14-;12-,14?/m11/s1. The van der Waals surface area contributed by atoms with E-state index >= 15 is 0 Å². The highest BCUT2D eigenvalue weighted by Gasteiger charge is 2.54. The smallest absolute Gasteiger partial charge is 0.331 e. The molecule has 1 saturated heterocycles. The van der Waals surface area contributed by atoms with Crippen LogP contribution < -0.4 is 0 Å². The van der Waals surface area contributed by atoms with Crippen LogP contribution in [0.1, 0.15) is 66.2 Å². The van der Waals surface area contributed by atoms with Gasteiger partial charge in [0.25, 0.3) is 0 Å². The Kier molecular flexibility index (Phi) is 11.1. The number of hydrogen-bond donors (Lipinski definition) is 0. The largest absolute Gasteiger partial charge is 0.462 e. The van der Waals surface area contributed by atoms with Crippen LogP contribution in [0.2, 0.25) is 0 Å². The maximum absolute atomic E-state index is 12.1. The highest BCUT2D eigenvalue weighted by molar-refractivity contribution is 5.87. The molecule has 0 spiro atoms. The number of hydrogen-bond acceptors (Lipinski definition) is 10. The molecule has 2 fully saturated rings. The number of carbonyl (C=O) groups is 4. The Labute approximate surface area is 244 Å². The third-order valence-electron chi connectivity index (χ3n) is 8.31. The first-order valence-electron chi connectivity index (χ1n) is 14.2. The molecule has 0 amide bonds. The molecule has 0 bridgehead atoms. The van der Waals surface area contributed by atoms with E-state index in [9.17, 15) is 39.4 Å². The summed E-state index contributed by atoms with van der Waals surface area (Å²) < 4.78 is 10.3. The third kappa shape index (κ3) is 8.29. The Hall–Kier alpha value is -3.96. The second kappa shape index (κ2) is 14.3. The minimum atomic E-state index is -0.591. The van der Waals surface area contributed by atoms with Crippen molar-refractivity contribution in [3.63, 3.8) is 0 Å². The molecule has 8 atom stereocenters. The summed E-state index contributed by atoms with van der Waals surface area (Å²) in [5, 5.41) is 21.7. The van der Waals surface area contributed by atoms with Crippen LogP contribution in [-0.2, 0) is 28.7 Å². The molecule has 0 N–H and O–H groups in total. The first-order chi connectivity index (χ1) is 19.8. The molecular formula is C30H38N2O10. The maximum atomic E-state index is 12.1. The zero-order valence-electron chi connectivity index (χ0n) is 24.3. The Morgan fingerprint density at radius 3 is 2.33 bits per heavy atom. The topological polar surface area (TPSA) is 173 Å². The molecule has 4 rings (SSSR count). The van der Waals surface area contributed by atoms with Gasteiger partial charge < -0.3 is 9.47 Å². The fourth-order valence-electron chi connectivity index (χ4n) is 6.34. The van der Waals surface area contributed by atoms with Crippen LogP contribution in [0.3, 0.4) is 0 Å². The van der Waals surface area contributed by atoms with Gasteiger partial charge in [-0.3, -0.25) is 34.6 Å². The lowest BCUT2D eigenvalue weighted by molar-refractivity contribution is -0.524. The highest BCUT2D eigenvalue weighted by Crippen LogP contribution is 2.50. The molecule has 12 heteroatoms. The molecular weight excluding hydrogens is 548 g/mol. The number of ketones is 2. The lowest BCUT2D eigenvalue weighted by Crippen LogP contribution is -2.43. The number of cyclic esters (lactones) is 1. The van der Waals surface area contributed by atoms with E-state index < -0.39 is 30.1 Å². The van der Waals surface area contributed by atoms with Crippen molar-refractivity contribution in [2.45, 2.75) is 90.5 Å². The summed E-state index contributed by atoms with van der Waals surface area (Å²) in [4.78, 5) is 67.6. The summed E-state index contributed by atoms with van der Waals surface area (Å²) in [6, 6.07) is -1.17. The van der Waals surface area contributed by atoms with Gasteiger partial charge in [-0.1, -0.05) is 23.8 Å². The average Bonchev–Trinajstić information content (AvgIpc) is 3.21. The summed E-state index contributed by atoms with van der Waals surface area (Å²) in [5.41, 5.74) is 1.68. The van der Waals surface area contributed by atoms with Gasteiger partial charge in [0.05, 0.1) is 5.92 Å². The minimum absolute atomic E-state index is 0.0388. The van der Waals surface area contributed by atoms with Gasteiger partial charge in [-0.25, -0.2) is 4.79 Å². The molecule has 228 valence electrons. The van der Waals surface area contributed by atoms with Gasteiger partial charge in [0.1, 0.15) is 18.0 Å². The van der Waals surface area contributed by atoms with Crippen LogP contribution in [-0.4, -0.2) is 57.6 Å². The van der Waals surface area contributed by atoms with Crippen molar-refractivity contribution in [3.05, 3.63) is 67.8 Å². The summed E-state index contributed by atoms with van der Waals surface area (Å²) in [6.07, 6.45) is 11.6. The van der Waals surface area contributed by atoms with Crippen molar-refractivity contribution in [2.75, 3.05) is 0 Å². The summed E-state index contributed by atoms with van der Waals surface area (Å²) in [7, 11) is 0. The average molecular weight is 587 g/mol. The molecule has 1 aliphatic heterocycles. The van der Waals surface area contributed by atoms with Gasteiger partial charge in [0.15, 0.2) is 5.78 Å². The molecule has 0 radical (unpaired) electrons. The minimum Gasteiger partial charge on any atom is -0.462 e. The normalized spacial score (nSPS) is 31.0. The van der Waals surface area contributed by atoms with Crippen molar-refractivity contribution >= 4 is 23.5 Å². The molecule has 4 aliphatic rings. The van der Waals surface area contributed by atoms with Gasteiger partial charge in [-0.05, 0) is 64.2 Å². The highest BCUT2D eigenvalue weighted by atomic mass is 16.6. The first-order valence-corrected chi connectivity index (χ1v) is 14.2. The molecule has 1 unspecified atom stereocenters. The Balaban J connectivity index is 0.000000230. The molecule has 0 aromatic rings. The van der Waals surface area contributed by atoms with E-state index in [1.807, 2.05) is 19.1 Å². The van der Waals surface area contributed by atoms with E-state index in [-0.39, 0.29) is 51.2 Å². The van der Waals surface area contributed by atoms with Crippen LogP contribution in [0.4, 0.5) is 0 Å². The fraction of sp³-hybridized carbons (Fsp3) is 0.600. The Bertz CT molecular complexity index is 1230. The fourth-order valence-corrected chi connectivity index (χ4v) is 6.34. The number of fused-ring (bicyclic) bond motifs is 2. The van der Waals surface area contributed by atoms with Gasteiger partial charge in [0, 0.05) is 53.4 Å². The maximum Gasteiger partial charge on any atom is 0.331 e. The predicted molar refractivity (Wildman–Crippen MR) is 150 cm³/mol. The quantitative estimate of drug-likeness (QED) is 0.132. The number of nitro groups is 2. The number of esters is 2. The molecule has 42 heavy (non-hydrogen) atoms. The first kappa shape index (κ1) is 32.6. The van der Waals surface area contributed by atoms with Crippen molar-refractivity contribution in [2.24, 2.45) is 23.7 Å². The van der Waals surface area contributed by atoms with Crippen molar-refractivity contribution in [3.8, 4) is 0 Å². The second-order valence-electron chi connectivity index (χ2n) is 11.4. The lowest BCUT2D eigenvalue weighted by atomic mass is 9.61. The number of rotatable bonds is 8. The zero-order valence-corrected chi connectivity index (χ0v) is 24.3. The van der Waals surface area contributed by atoms with E-state index in [1.165, 1.54) is 25.2 Å². The molecule has 0 aromatic carbocycles.